The maximum Gasteiger partial charge on any atom is 0.408 e. The van der Waals surface area contributed by atoms with Crippen LogP contribution in [0.1, 0.15) is 20.8 Å². The summed E-state index contributed by atoms with van der Waals surface area (Å²) in [5.74, 6) is -0.552. The molecule has 0 heterocycles. The lowest BCUT2D eigenvalue weighted by atomic mass is 10.2. The van der Waals surface area contributed by atoms with E-state index in [2.05, 4.69) is 10.1 Å². The Balaban J connectivity index is 4.52. The summed E-state index contributed by atoms with van der Waals surface area (Å²) in [7, 11) is -0.512. The summed E-state index contributed by atoms with van der Waals surface area (Å²) in [5, 5.41) is 2.46. The summed E-state index contributed by atoms with van der Waals surface area (Å²) in [6.45, 7) is 11.3. The Labute approximate surface area is 115 Å². The Hall–Kier alpha value is -1.08. The fourth-order valence-corrected chi connectivity index (χ4v) is 1.76. The van der Waals surface area contributed by atoms with Crippen LogP contribution < -0.4 is 5.32 Å². The molecule has 0 aliphatic carbocycles. The second kappa shape index (κ2) is 6.90. The molecule has 0 radical (unpaired) electrons. The molecule has 19 heavy (non-hydrogen) atoms. The zero-order valence-electron chi connectivity index (χ0n) is 12.8. The second-order valence-electron chi connectivity index (χ2n) is 6.15. The van der Waals surface area contributed by atoms with Crippen LogP contribution in [0.4, 0.5) is 4.79 Å². The summed E-state index contributed by atoms with van der Waals surface area (Å²) in [4.78, 5) is 23.2. The van der Waals surface area contributed by atoms with Gasteiger partial charge in [-0.05, 0) is 40.4 Å². The lowest BCUT2D eigenvalue weighted by molar-refractivity contribution is -0.144. The van der Waals surface area contributed by atoms with Crippen LogP contribution in [0.25, 0.3) is 0 Å². The fraction of sp³-hybridized carbons (Fsp3) is 0.833. The van der Waals surface area contributed by atoms with Crippen LogP contribution in [0.5, 0.6) is 0 Å². The summed E-state index contributed by atoms with van der Waals surface area (Å²) < 4.78 is 15.3. The summed E-state index contributed by atoms with van der Waals surface area (Å²) >= 11 is 0. The number of rotatable bonds is 5. The van der Waals surface area contributed by atoms with Crippen LogP contribution in [0.15, 0.2) is 0 Å². The summed E-state index contributed by atoms with van der Waals surface area (Å²) in [6, 6.07) is -0.855. The van der Waals surface area contributed by atoms with Gasteiger partial charge in [-0.1, -0.05) is 0 Å². The van der Waals surface area contributed by atoms with Crippen molar-refractivity contribution in [3.8, 4) is 0 Å². The molecular weight excluding hydrogens is 266 g/mol. The van der Waals surface area contributed by atoms with Crippen molar-refractivity contribution in [3.05, 3.63) is 0 Å². The molecule has 0 fully saturated rings. The second-order valence-corrected chi connectivity index (χ2v) is 10.7. The van der Waals surface area contributed by atoms with Gasteiger partial charge < -0.3 is 19.2 Å². The Morgan fingerprint density at radius 1 is 1.21 bits per heavy atom. The molecule has 0 aromatic heterocycles. The van der Waals surface area contributed by atoms with E-state index in [0.29, 0.717) is 0 Å². The molecule has 0 bridgehead atoms. The average Bonchev–Trinajstić information content (AvgIpc) is 2.19. The summed E-state index contributed by atoms with van der Waals surface area (Å²) in [5.41, 5.74) is -0.621. The van der Waals surface area contributed by atoms with Crippen molar-refractivity contribution in [1.82, 2.24) is 5.32 Å². The number of carbonyl (C=O) groups is 2. The molecule has 0 saturated heterocycles. The first-order valence-electron chi connectivity index (χ1n) is 6.16. The zero-order valence-corrected chi connectivity index (χ0v) is 13.8. The molecule has 6 nitrogen and oxygen atoms in total. The van der Waals surface area contributed by atoms with E-state index in [1.165, 1.54) is 7.11 Å². The molecule has 1 N–H and O–H groups in total. The van der Waals surface area contributed by atoms with Gasteiger partial charge in [0.15, 0.2) is 14.4 Å². The number of alkyl carbamates (subject to hydrolysis) is 1. The Morgan fingerprint density at radius 3 is 2.11 bits per heavy atom. The molecule has 0 spiro atoms. The first-order chi connectivity index (χ1) is 8.44. The van der Waals surface area contributed by atoms with Crippen LogP contribution >= 0.6 is 0 Å². The van der Waals surface area contributed by atoms with E-state index in [1.54, 1.807) is 20.8 Å². The van der Waals surface area contributed by atoms with Gasteiger partial charge in [0.05, 0.1) is 13.7 Å². The van der Waals surface area contributed by atoms with Gasteiger partial charge in [0.2, 0.25) is 0 Å². The van der Waals surface area contributed by atoms with Crippen molar-refractivity contribution in [2.24, 2.45) is 0 Å². The topological polar surface area (TPSA) is 73.9 Å². The number of ether oxygens (including phenoxy) is 2. The van der Waals surface area contributed by atoms with Crippen LogP contribution in [-0.4, -0.2) is 45.7 Å². The normalized spacial score (nSPS) is 13.6. The minimum absolute atomic E-state index is 0.0850. The minimum Gasteiger partial charge on any atom is -0.467 e. The third-order valence-electron chi connectivity index (χ3n) is 1.86. The third-order valence-corrected chi connectivity index (χ3v) is 2.89. The van der Waals surface area contributed by atoms with Gasteiger partial charge in [-0.25, -0.2) is 9.59 Å². The van der Waals surface area contributed by atoms with Crippen LogP contribution in [0, 0.1) is 0 Å². The highest BCUT2D eigenvalue weighted by Crippen LogP contribution is 2.08. The van der Waals surface area contributed by atoms with Gasteiger partial charge in [0, 0.05) is 0 Å². The highest BCUT2D eigenvalue weighted by molar-refractivity contribution is 6.69. The van der Waals surface area contributed by atoms with E-state index in [4.69, 9.17) is 9.16 Å². The van der Waals surface area contributed by atoms with Gasteiger partial charge >= 0.3 is 12.1 Å². The highest BCUT2D eigenvalue weighted by atomic mass is 28.4. The number of nitrogens with one attached hydrogen (secondary N) is 1. The number of methoxy groups -OCH3 is 1. The standard InChI is InChI=1S/C12H25NO5Si/c1-12(2,3)18-11(15)13-9(10(14)16-4)8-17-19(5,6)7/h9H,8H2,1-7H3,(H,13,15). The van der Waals surface area contributed by atoms with E-state index in [0.717, 1.165) is 0 Å². The SMILES string of the molecule is COC(=O)C(CO[Si](C)(C)C)NC(=O)OC(C)(C)C. The van der Waals surface area contributed by atoms with Crippen molar-refractivity contribution in [1.29, 1.82) is 0 Å². The van der Waals surface area contributed by atoms with Crippen molar-refractivity contribution in [3.63, 3.8) is 0 Å². The molecule has 1 amide bonds. The molecule has 0 aromatic rings. The maximum absolute atomic E-state index is 11.6. The zero-order chi connectivity index (χ0) is 15.3. The first-order valence-corrected chi connectivity index (χ1v) is 9.57. The lowest BCUT2D eigenvalue weighted by Gasteiger charge is -2.24. The molecule has 0 rings (SSSR count). The molecule has 0 aliphatic heterocycles. The third kappa shape index (κ3) is 9.49. The molecule has 0 aliphatic rings. The maximum atomic E-state index is 11.6. The van der Waals surface area contributed by atoms with Crippen molar-refractivity contribution in [2.75, 3.05) is 13.7 Å². The Kier molecular flexibility index (Phi) is 6.51. The first kappa shape index (κ1) is 17.9. The molecule has 1 unspecified atom stereocenters. The predicted octanol–water partition coefficient (Wildman–Crippen LogP) is 1.90. The molecule has 1 atom stereocenters. The quantitative estimate of drug-likeness (QED) is 0.618. The number of hydrogen-bond donors (Lipinski definition) is 1. The van der Waals surface area contributed by atoms with Gasteiger partial charge in [-0.2, -0.15) is 0 Å². The minimum atomic E-state index is -1.78. The smallest absolute Gasteiger partial charge is 0.408 e. The van der Waals surface area contributed by atoms with Crippen molar-refractivity contribution in [2.45, 2.75) is 52.1 Å². The number of hydrogen-bond acceptors (Lipinski definition) is 5. The van der Waals surface area contributed by atoms with E-state index < -0.39 is 32.0 Å². The summed E-state index contributed by atoms with van der Waals surface area (Å²) in [6.07, 6.45) is -0.665. The van der Waals surface area contributed by atoms with E-state index >= 15 is 0 Å². The van der Waals surface area contributed by atoms with Crippen LogP contribution in [-0.2, 0) is 18.7 Å². The molecule has 7 heteroatoms. The average molecular weight is 291 g/mol. The van der Waals surface area contributed by atoms with E-state index in [1.807, 2.05) is 19.6 Å². The predicted molar refractivity (Wildman–Crippen MR) is 74.5 cm³/mol. The van der Waals surface area contributed by atoms with Gasteiger partial charge in [-0.15, -0.1) is 0 Å². The van der Waals surface area contributed by atoms with Crippen molar-refractivity contribution < 1.29 is 23.5 Å². The van der Waals surface area contributed by atoms with Crippen molar-refractivity contribution >= 4 is 20.4 Å². The van der Waals surface area contributed by atoms with E-state index in [9.17, 15) is 9.59 Å². The monoisotopic (exact) mass is 291 g/mol. The van der Waals surface area contributed by atoms with Gasteiger partial charge in [-0.3, -0.25) is 0 Å². The van der Waals surface area contributed by atoms with Crippen LogP contribution in [0.2, 0.25) is 19.6 Å². The Morgan fingerprint density at radius 2 is 1.74 bits per heavy atom. The lowest BCUT2D eigenvalue weighted by Crippen LogP contribution is -2.48. The Bertz CT molecular complexity index is 319. The number of amides is 1. The van der Waals surface area contributed by atoms with Gasteiger partial charge in [0.1, 0.15) is 5.60 Å². The fourth-order valence-electron chi connectivity index (χ4n) is 1.09. The number of esters is 1. The van der Waals surface area contributed by atoms with E-state index in [-0.39, 0.29) is 6.61 Å². The highest BCUT2D eigenvalue weighted by Gasteiger charge is 2.27. The largest absolute Gasteiger partial charge is 0.467 e. The molecular formula is C12H25NO5Si. The molecule has 0 aromatic carbocycles. The molecule has 0 saturated carbocycles. The van der Waals surface area contributed by atoms with Gasteiger partial charge in [0.25, 0.3) is 0 Å². The molecule has 112 valence electrons. The van der Waals surface area contributed by atoms with Crippen LogP contribution in [0.3, 0.4) is 0 Å². The number of carbonyl (C=O) groups excluding carboxylic acids is 2.